The lowest BCUT2D eigenvalue weighted by Crippen LogP contribution is -2.37. The third kappa shape index (κ3) is 2.62. The molecular formula is C19H18N6O2. The van der Waals surface area contributed by atoms with Gasteiger partial charge in [0.2, 0.25) is 5.95 Å². The minimum absolute atomic E-state index is 0.313. The van der Waals surface area contributed by atoms with E-state index in [1.807, 2.05) is 42.5 Å². The Bertz CT molecular complexity index is 1320. The van der Waals surface area contributed by atoms with Gasteiger partial charge in [0.25, 0.3) is 5.56 Å². The van der Waals surface area contributed by atoms with Crippen molar-refractivity contribution in [2.75, 3.05) is 5.43 Å². The standard InChI is InChI=1S/C19H18N6O2/c1-23-15-16(24(2)19(27)25(3)17(15)26)21-18(23)22-20-11-13-9-6-8-12-7-4-5-10-14(12)13/h4-11H,1-3H3,(H,21,22). The first-order valence-corrected chi connectivity index (χ1v) is 8.38. The molecule has 0 atom stereocenters. The van der Waals surface area contributed by atoms with Gasteiger partial charge in [-0.2, -0.15) is 10.1 Å². The van der Waals surface area contributed by atoms with Crippen LogP contribution in [0.15, 0.2) is 57.2 Å². The van der Waals surface area contributed by atoms with E-state index in [1.165, 1.54) is 11.6 Å². The van der Waals surface area contributed by atoms with Crippen molar-refractivity contribution in [3.8, 4) is 0 Å². The van der Waals surface area contributed by atoms with Gasteiger partial charge in [0.15, 0.2) is 11.2 Å². The van der Waals surface area contributed by atoms with Crippen molar-refractivity contribution >= 4 is 34.1 Å². The summed E-state index contributed by atoms with van der Waals surface area (Å²) in [5.41, 5.74) is 3.66. The maximum absolute atomic E-state index is 12.4. The maximum Gasteiger partial charge on any atom is 0.332 e. The Kier molecular flexibility index (Phi) is 3.88. The molecule has 0 fully saturated rings. The van der Waals surface area contributed by atoms with Gasteiger partial charge in [-0.1, -0.05) is 42.5 Å². The smallest absolute Gasteiger partial charge is 0.306 e. The van der Waals surface area contributed by atoms with Gasteiger partial charge in [0.05, 0.1) is 6.21 Å². The molecule has 0 aliphatic rings. The fourth-order valence-electron chi connectivity index (χ4n) is 3.14. The van der Waals surface area contributed by atoms with Crippen LogP contribution in [0.3, 0.4) is 0 Å². The molecule has 0 aliphatic carbocycles. The molecule has 0 bridgehead atoms. The van der Waals surface area contributed by atoms with Gasteiger partial charge in [0, 0.05) is 26.7 Å². The highest BCUT2D eigenvalue weighted by atomic mass is 16.2. The maximum atomic E-state index is 12.4. The van der Waals surface area contributed by atoms with E-state index in [0.29, 0.717) is 17.1 Å². The van der Waals surface area contributed by atoms with Crippen LogP contribution in [0.5, 0.6) is 0 Å². The first kappa shape index (κ1) is 16.8. The van der Waals surface area contributed by atoms with Crippen molar-refractivity contribution in [2.24, 2.45) is 26.2 Å². The van der Waals surface area contributed by atoms with Crippen molar-refractivity contribution in [3.05, 3.63) is 68.9 Å². The average molecular weight is 362 g/mol. The van der Waals surface area contributed by atoms with Crippen molar-refractivity contribution in [1.29, 1.82) is 0 Å². The van der Waals surface area contributed by atoms with Crippen molar-refractivity contribution in [3.63, 3.8) is 0 Å². The van der Waals surface area contributed by atoms with Crippen LogP contribution >= 0.6 is 0 Å². The average Bonchev–Trinajstić information content (AvgIpc) is 3.01. The Labute approximate surface area is 154 Å². The second-order valence-corrected chi connectivity index (χ2v) is 6.31. The van der Waals surface area contributed by atoms with Crippen LogP contribution in [0, 0.1) is 0 Å². The van der Waals surface area contributed by atoms with E-state index in [9.17, 15) is 9.59 Å². The molecule has 0 aliphatic heterocycles. The summed E-state index contributed by atoms with van der Waals surface area (Å²) in [4.78, 5) is 28.8. The van der Waals surface area contributed by atoms with Crippen LogP contribution in [0.25, 0.3) is 21.9 Å². The minimum atomic E-state index is -0.420. The molecule has 0 saturated carbocycles. The Morgan fingerprint density at radius 3 is 2.52 bits per heavy atom. The SMILES string of the molecule is Cn1c(=O)c2c(nc(NN=Cc3cccc4ccccc34)n2C)n(C)c1=O. The van der Waals surface area contributed by atoms with Crippen LogP contribution in [0.4, 0.5) is 5.95 Å². The molecule has 2 heterocycles. The van der Waals surface area contributed by atoms with E-state index in [1.54, 1.807) is 24.9 Å². The van der Waals surface area contributed by atoms with E-state index in [-0.39, 0.29) is 0 Å². The molecule has 0 unspecified atom stereocenters. The van der Waals surface area contributed by atoms with E-state index < -0.39 is 11.2 Å². The number of hydrogen-bond donors (Lipinski definition) is 1. The molecule has 136 valence electrons. The number of benzene rings is 2. The van der Waals surface area contributed by atoms with E-state index >= 15 is 0 Å². The number of aromatic nitrogens is 4. The quantitative estimate of drug-likeness (QED) is 0.443. The summed E-state index contributed by atoms with van der Waals surface area (Å²) in [5.74, 6) is 0.375. The highest BCUT2D eigenvalue weighted by Gasteiger charge is 2.16. The summed E-state index contributed by atoms with van der Waals surface area (Å²) in [5, 5.41) is 6.48. The van der Waals surface area contributed by atoms with Crippen LogP contribution in [-0.2, 0) is 21.1 Å². The van der Waals surface area contributed by atoms with Gasteiger partial charge in [0.1, 0.15) is 0 Å². The fraction of sp³-hybridized carbons (Fsp3) is 0.158. The largest absolute Gasteiger partial charge is 0.332 e. The van der Waals surface area contributed by atoms with Crippen molar-refractivity contribution in [1.82, 2.24) is 18.7 Å². The van der Waals surface area contributed by atoms with Gasteiger partial charge in [-0.15, -0.1) is 0 Å². The Morgan fingerprint density at radius 1 is 0.963 bits per heavy atom. The fourth-order valence-corrected chi connectivity index (χ4v) is 3.14. The van der Waals surface area contributed by atoms with Crippen molar-refractivity contribution < 1.29 is 0 Å². The summed E-state index contributed by atoms with van der Waals surface area (Å²) >= 11 is 0. The number of nitrogens with zero attached hydrogens (tertiary/aromatic N) is 5. The molecule has 4 rings (SSSR count). The van der Waals surface area contributed by atoms with Gasteiger partial charge >= 0.3 is 5.69 Å². The van der Waals surface area contributed by atoms with E-state index in [0.717, 1.165) is 20.9 Å². The monoisotopic (exact) mass is 362 g/mol. The Hall–Kier alpha value is -3.68. The molecule has 0 spiro atoms. The van der Waals surface area contributed by atoms with Crippen molar-refractivity contribution in [2.45, 2.75) is 0 Å². The number of rotatable bonds is 3. The molecule has 27 heavy (non-hydrogen) atoms. The predicted octanol–water partition coefficient (Wildman–Crippen LogP) is 1.57. The molecular weight excluding hydrogens is 344 g/mol. The lowest BCUT2D eigenvalue weighted by molar-refractivity contribution is 0.705. The third-order valence-electron chi connectivity index (χ3n) is 4.67. The first-order chi connectivity index (χ1) is 13.0. The number of anilines is 1. The van der Waals surface area contributed by atoms with E-state index in [2.05, 4.69) is 15.5 Å². The third-order valence-corrected chi connectivity index (χ3v) is 4.67. The molecule has 0 saturated heterocycles. The molecule has 4 aromatic rings. The number of aryl methyl sites for hydroxylation is 2. The minimum Gasteiger partial charge on any atom is -0.306 e. The number of imidazole rings is 1. The lowest BCUT2D eigenvalue weighted by Gasteiger charge is -2.03. The molecule has 0 radical (unpaired) electrons. The molecule has 8 nitrogen and oxygen atoms in total. The molecule has 2 aromatic carbocycles. The summed E-state index contributed by atoms with van der Waals surface area (Å²) in [6, 6.07) is 14.0. The van der Waals surface area contributed by atoms with Crippen LogP contribution in [-0.4, -0.2) is 24.9 Å². The topological polar surface area (TPSA) is 86.2 Å². The second kappa shape index (κ2) is 6.24. The highest BCUT2D eigenvalue weighted by molar-refractivity contribution is 5.99. The summed E-state index contributed by atoms with van der Waals surface area (Å²) < 4.78 is 4.00. The first-order valence-electron chi connectivity index (χ1n) is 8.38. The summed E-state index contributed by atoms with van der Waals surface area (Å²) in [6.45, 7) is 0. The molecule has 0 amide bonds. The predicted molar refractivity (Wildman–Crippen MR) is 106 cm³/mol. The Balaban J connectivity index is 1.74. The number of fused-ring (bicyclic) bond motifs is 2. The summed E-state index contributed by atoms with van der Waals surface area (Å²) in [7, 11) is 4.74. The zero-order valence-electron chi connectivity index (χ0n) is 15.2. The van der Waals surface area contributed by atoms with Crippen LogP contribution in [0.2, 0.25) is 0 Å². The zero-order chi connectivity index (χ0) is 19.1. The van der Waals surface area contributed by atoms with Crippen LogP contribution in [0.1, 0.15) is 5.56 Å². The molecule has 1 N–H and O–H groups in total. The number of nitrogens with one attached hydrogen (secondary N) is 1. The summed E-state index contributed by atoms with van der Waals surface area (Å²) in [6.07, 6.45) is 1.71. The zero-order valence-corrected chi connectivity index (χ0v) is 15.2. The molecule has 8 heteroatoms. The van der Waals surface area contributed by atoms with Gasteiger partial charge in [-0.25, -0.2) is 10.2 Å². The second-order valence-electron chi connectivity index (χ2n) is 6.31. The van der Waals surface area contributed by atoms with Gasteiger partial charge < -0.3 is 4.57 Å². The van der Waals surface area contributed by atoms with Gasteiger partial charge in [-0.3, -0.25) is 13.9 Å². The normalized spacial score (nSPS) is 11.7. The van der Waals surface area contributed by atoms with E-state index in [4.69, 9.17) is 0 Å². The number of hydrazone groups is 1. The number of hydrogen-bond acceptors (Lipinski definition) is 5. The van der Waals surface area contributed by atoms with Crippen LogP contribution < -0.4 is 16.7 Å². The highest BCUT2D eigenvalue weighted by Crippen LogP contribution is 2.17. The lowest BCUT2D eigenvalue weighted by atomic mass is 10.1. The van der Waals surface area contributed by atoms with Gasteiger partial charge in [-0.05, 0) is 10.8 Å². The molecule has 2 aromatic heterocycles. The Morgan fingerprint density at radius 2 is 1.70 bits per heavy atom.